The Hall–Kier alpha value is -2.08. The van der Waals surface area contributed by atoms with E-state index in [0.717, 1.165) is 49.5 Å². The molecule has 1 saturated heterocycles. The van der Waals surface area contributed by atoms with Gasteiger partial charge in [-0.25, -0.2) is 0 Å². The molecule has 3 rings (SSSR count). The van der Waals surface area contributed by atoms with E-state index in [4.69, 9.17) is 14.2 Å². The average molecular weight is 386 g/mol. The molecule has 152 valence electrons. The van der Waals surface area contributed by atoms with Crippen LogP contribution >= 0.6 is 0 Å². The molecule has 1 N–H and O–H groups in total. The lowest BCUT2D eigenvalue weighted by Crippen LogP contribution is -2.42. The molecule has 0 atom stereocenters. The fraction of sp³-hybridized carbons (Fsp3) is 0.478. The van der Waals surface area contributed by atoms with Crippen molar-refractivity contribution in [2.24, 2.45) is 0 Å². The monoisotopic (exact) mass is 385 g/mol. The Kier molecular flexibility index (Phi) is 6.94. The molecular weight excluding hydrogens is 354 g/mol. The number of likely N-dealkylation sites (tertiary alicyclic amines) is 1. The third kappa shape index (κ3) is 5.04. The number of hydrogen-bond acceptors (Lipinski definition) is 5. The predicted octanol–water partition coefficient (Wildman–Crippen LogP) is 3.51. The maximum absolute atomic E-state index is 11.1. The van der Waals surface area contributed by atoms with Gasteiger partial charge in [0.05, 0.1) is 19.3 Å². The van der Waals surface area contributed by atoms with Crippen LogP contribution in [0.15, 0.2) is 42.5 Å². The van der Waals surface area contributed by atoms with Crippen molar-refractivity contribution in [1.29, 1.82) is 0 Å². The molecule has 0 unspecified atom stereocenters. The van der Waals surface area contributed by atoms with Crippen molar-refractivity contribution in [2.75, 3.05) is 40.5 Å². The van der Waals surface area contributed by atoms with Gasteiger partial charge in [0.2, 0.25) is 0 Å². The van der Waals surface area contributed by atoms with Gasteiger partial charge in [0.25, 0.3) is 0 Å². The SMILES string of the molecule is COCCOc1ccc(CN2CCC(O)(c3ccc(C)cc3)CC2)cc1OC. The minimum Gasteiger partial charge on any atom is -0.493 e. The maximum atomic E-state index is 11.1. The minimum atomic E-state index is -0.721. The Morgan fingerprint density at radius 3 is 2.32 bits per heavy atom. The van der Waals surface area contributed by atoms with Crippen molar-refractivity contribution in [3.63, 3.8) is 0 Å². The standard InChI is InChI=1S/C23H31NO4/c1-18-4-7-20(8-5-18)23(25)10-12-24(13-11-23)17-19-6-9-21(22(16-19)27-3)28-15-14-26-2/h4-9,16,25H,10-15,17H2,1-3H3. The summed E-state index contributed by atoms with van der Waals surface area (Å²) in [5.74, 6) is 1.47. The molecule has 0 aliphatic carbocycles. The molecular formula is C23H31NO4. The lowest BCUT2D eigenvalue weighted by Gasteiger charge is -2.38. The van der Waals surface area contributed by atoms with Crippen LogP contribution in [0.5, 0.6) is 11.5 Å². The first-order chi connectivity index (χ1) is 13.5. The summed E-state index contributed by atoms with van der Waals surface area (Å²) in [6, 6.07) is 14.3. The summed E-state index contributed by atoms with van der Waals surface area (Å²) in [7, 11) is 3.31. The van der Waals surface area contributed by atoms with E-state index >= 15 is 0 Å². The summed E-state index contributed by atoms with van der Waals surface area (Å²) < 4.78 is 16.2. The van der Waals surface area contributed by atoms with E-state index < -0.39 is 5.60 Å². The van der Waals surface area contributed by atoms with Crippen LogP contribution in [-0.2, 0) is 16.9 Å². The smallest absolute Gasteiger partial charge is 0.161 e. The highest BCUT2D eigenvalue weighted by molar-refractivity contribution is 5.43. The lowest BCUT2D eigenvalue weighted by molar-refractivity contribution is -0.0277. The maximum Gasteiger partial charge on any atom is 0.161 e. The van der Waals surface area contributed by atoms with Gasteiger partial charge in [-0.15, -0.1) is 0 Å². The van der Waals surface area contributed by atoms with Gasteiger partial charge in [-0.3, -0.25) is 4.90 Å². The van der Waals surface area contributed by atoms with Gasteiger partial charge in [-0.05, 0) is 43.0 Å². The highest BCUT2D eigenvalue weighted by atomic mass is 16.5. The summed E-state index contributed by atoms with van der Waals surface area (Å²) >= 11 is 0. The number of benzene rings is 2. The highest BCUT2D eigenvalue weighted by Gasteiger charge is 2.33. The molecule has 0 amide bonds. The predicted molar refractivity (Wildman–Crippen MR) is 110 cm³/mol. The van der Waals surface area contributed by atoms with Crippen molar-refractivity contribution in [2.45, 2.75) is 31.9 Å². The summed E-state index contributed by atoms with van der Waals surface area (Å²) in [5.41, 5.74) is 2.70. The number of rotatable bonds is 8. The molecule has 0 radical (unpaired) electrons. The fourth-order valence-electron chi connectivity index (χ4n) is 3.66. The second-order valence-corrected chi connectivity index (χ2v) is 7.50. The summed E-state index contributed by atoms with van der Waals surface area (Å²) in [6.07, 6.45) is 1.48. The summed E-state index contributed by atoms with van der Waals surface area (Å²) in [6.45, 7) is 5.66. The van der Waals surface area contributed by atoms with E-state index in [1.807, 2.05) is 12.1 Å². The molecule has 0 saturated carbocycles. The molecule has 1 heterocycles. The van der Waals surface area contributed by atoms with Crippen molar-refractivity contribution >= 4 is 0 Å². The summed E-state index contributed by atoms with van der Waals surface area (Å²) in [4.78, 5) is 2.38. The topological polar surface area (TPSA) is 51.2 Å². The number of nitrogens with zero attached hydrogens (tertiary/aromatic N) is 1. The van der Waals surface area contributed by atoms with Crippen LogP contribution in [0.3, 0.4) is 0 Å². The molecule has 28 heavy (non-hydrogen) atoms. The van der Waals surface area contributed by atoms with Crippen molar-refractivity contribution in [1.82, 2.24) is 4.90 Å². The molecule has 1 aliphatic heterocycles. The van der Waals surface area contributed by atoms with Crippen LogP contribution in [0.4, 0.5) is 0 Å². The number of methoxy groups -OCH3 is 2. The number of piperidine rings is 1. The van der Waals surface area contributed by atoms with Gasteiger partial charge in [0.1, 0.15) is 6.61 Å². The van der Waals surface area contributed by atoms with Gasteiger partial charge in [0, 0.05) is 26.7 Å². The van der Waals surface area contributed by atoms with Crippen LogP contribution in [0, 0.1) is 6.92 Å². The molecule has 2 aromatic carbocycles. The largest absolute Gasteiger partial charge is 0.493 e. The Morgan fingerprint density at radius 2 is 1.68 bits per heavy atom. The van der Waals surface area contributed by atoms with Crippen LogP contribution in [0.2, 0.25) is 0 Å². The van der Waals surface area contributed by atoms with Crippen LogP contribution in [-0.4, -0.2) is 50.5 Å². The molecule has 1 aliphatic rings. The second-order valence-electron chi connectivity index (χ2n) is 7.50. The zero-order valence-electron chi connectivity index (χ0n) is 17.1. The third-order valence-corrected chi connectivity index (χ3v) is 5.45. The first-order valence-corrected chi connectivity index (χ1v) is 9.84. The lowest BCUT2D eigenvalue weighted by atomic mass is 9.84. The minimum absolute atomic E-state index is 0.496. The Balaban J connectivity index is 1.59. The van der Waals surface area contributed by atoms with Crippen molar-refractivity contribution < 1.29 is 19.3 Å². The van der Waals surface area contributed by atoms with Crippen LogP contribution in [0.25, 0.3) is 0 Å². The van der Waals surface area contributed by atoms with Crippen molar-refractivity contribution in [3.05, 3.63) is 59.2 Å². The normalized spacial score (nSPS) is 16.7. The molecule has 5 nitrogen and oxygen atoms in total. The number of aryl methyl sites for hydroxylation is 1. The quantitative estimate of drug-likeness (QED) is 0.705. The first-order valence-electron chi connectivity index (χ1n) is 9.84. The van der Waals surface area contributed by atoms with Crippen molar-refractivity contribution in [3.8, 4) is 11.5 Å². The van der Waals surface area contributed by atoms with Gasteiger partial charge < -0.3 is 19.3 Å². The fourth-order valence-corrected chi connectivity index (χ4v) is 3.66. The molecule has 2 aromatic rings. The number of aliphatic hydroxyl groups is 1. The number of hydrogen-bond donors (Lipinski definition) is 1. The summed E-state index contributed by atoms with van der Waals surface area (Å²) in [5, 5.41) is 11.1. The van der Waals surface area contributed by atoms with E-state index in [0.29, 0.717) is 13.2 Å². The van der Waals surface area contributed by atoms with Crippen LogP contribution < -0.4 is 9.47 Å². The first kappa shape index (κ1) is 20.6. The van der Waals surface area contributed by atoms with E-state index in [2.05, 4.69) is 42.2 Å². The zero-order valence-corrected chi connectivity index (χ0v) is 17.1. The Bertz CT molecular complexity index is 752. The number of ether oxygens (including phenoxy) is 3. The molecule has 0 bridgehead atoms. The van der Waals surface area contributed by atoms with Gasteiger partial charge in [-0.2, -0.15) is 0 Å². The Labute approximate surface area is 167 Å². The van der Waals surface area contributed by atoms with E-state index in [1.54, 1.807) is 14.2 Å². The third-order valence-electron chi connectivity index (χ3n) is 5.45. The molecule has 0 spiro atoms. The molecule has 0 aromatic heterocycles. The van der Waals surface area contributed by atoms with Crippen LogP contribution in [0.1, 0.15) is 29.5 Å². The second kappa shape index (κ2) is 9.41. The van der Waals surface area contributed by atoms with E-state index in [-0.39, 0.29) is 0 Å². The Morgan fingerprint density at radius 1 is 0.964 bits per heavy atom. The van der Waals surface area contributed by atoms with Gasteiger partial charge in [-0.1, -0.05) is 35.9 Å². The highest BCUT2D eigenvalue weighted by Crippen LogP contribution is 2.34. The van der Waals surface area contributed by atoms with E-state index in [9.17, 15) is 5.11 Å². The molecule has 5 heteroatoms. The zero-order chi connectivity index (χ0) is 20.0. The van der Waals surface area contributed by atoms with Gasteiger partial charge in [0.15, 0.2) is 11.5 Å². The average Bonchev–Trinajstić information content (AvgIpc) is 2.71. The molecule has 1 fully saturated rings. The van der Waals surface area contributed by atoms with E-state index in [1.165, 1.54) is 11.1 Å². The van der Waals surface area contributed by atoms with Gasteiger partial charge >= 0.3 is 0 Å².